The molecule has 3 rings (SSSR count). The van der Waals surface area contributed by atoms with E-state index < -0.39 is 12.1 Å². The van der Waals surface area contributed by atoms with Gasteiger partial charge in [0.15, 0.2) is 0 Å². The minimum absolute atomic E-state index is 0.0177. The monoisotopic (exact) mass is 407 g/mol. The number of aliphatic hydroxyl groups excluding tert-OH is 1. The Morgan fingerprint density at radius 1 is 1.18 bits per heavy atom. The molecule has 2 atom stereocenters. The van der Waals surface area contributed by atoms with Gasteiger partial charge in [0, 0.05) is 24.7 Å². The van der Waals surface area contributed by atoms with Gasteiger partial charge in [-0.1, -0.05) is 36.9 Å². The number of amides is 2. The van der Waals surface area contributed by atoms with E-state index in [-0.39, 0.29) is 17.7 Å². The Bertz CT molecular complexity index is 706. The maximum Gasteiger partial charge on any atom is 0.252 e. The van der Waals surface area contributed by atoms with Crippen LogP contribution in [0.2, 0.25) is 5.02 Å². The zero-order valence-electron chi connectivity index (χ0n) is 16.2. The van der Waals surface area contributed by atoms with Gasteiger partial charge in [-0.3, -0.25) is 9.59 Å². The Kier molecular flexibility index (Phi) is 7.32. The van der Waals surface area contributed by atoms with Gasteiger partial charge in [-0.25, -0.2) is 0 Å². The first-order valence-corrected chi connectivity index (χ1v) is 10.6. The number of halogens is 1. The summed E-state index contributed by atoms with van der Waals surface area (Å²) in [7, 11) is 0. The fourth-order valence-corrected chi connectivity index (χ4v) is 4.58. The molecule has 0 bridgehead atoms. The number of benzene rings is 1. The molecular formula is C21H30ClN3O3. The van der Waals surface area contributed by atoms with Crippen molar-refractivity contribution in [2.24, 2.45) is 11.7 Å². The van der Waals surface area contributed by atoms with E-state index in [1.54, 1.807) is 17.0 Å². The topological polar surface area (TPSA) is 95.7 Å². The van der Waals surface area contributed by atoms with Crippen molar-refractivity contribution in [3.05, 3.63) is 34.3 Å². The summed E-state index contributed by atoms with van der Waals surface area (Å²) >= 11 is 6.06. The number of hydrogen-bond acceptors (Lipinski definition) is 4. The summed E-state index contributed by atoms with van der Waals surface area (Å²) in [6.45, 7) is 1.20. The van der Waals surface area contributed by atoms with Crippen LogP contribution in [0.5, 0.6) is 0 Å². The van der Waals surface area contributed by atoms with Crippen molar-refractivity contribution < 1.29 is 14.7 Å². The molecule has 4 N–H and O–H groups in total. The molecule has 6 nitrogen and oxygen atoms in total. The van der Waals surface area contributed by atoms with Crippen LogP contribution >= 0.6 is 11.6 Å². The van der Waals surface area contributed by atoms with E-state index in [1.165, 1.54) is 6.42 Å². The molecule has 0 aromatic heterocycles. The molecule has 0 spiro atoms. The van der Waals surface area contributed by atoms with Gasteiger partial charge in [0.25, 0.3) is 5.91 Å². The van der Waals surface area contributed by atoms with Crippen molar-refractivity contribution in [1.29, 1.82) is 0 Å². The fourth-order valence-electron chi connectivity index (χ4n) is 4.38. The Hall–Kier alpha value is -1.63. The molecule has 1 heterocycles. The van der Waals surface area contributed by atoms with E-state index in [0.717, 1.165) is 43.2 Å². The van der Waals surface area contributed by atoms with Gasteiger partial charge in [0.1, 0.15) is 12.1 Å². The highest BCUT2D eigenvalue weighted by Crippen LogP contribution is 2.29. The summed E-state index contributed by atoms with van der Waals surface area (Å²) in [5, 5.41) is 14.1. The lowest BCUT2D eigenvalue weighted by atomic mass is 9.84. The average molecular weight is 408 g/mol. The van der Waals surface area contributed by atoms with Crippen molar-refractivity contribution in [3.8, 4) is 0 Å². The predicted molar refractivity (Wildman–Crippen MR) is 109 cm³/mol. The van der Waals surface area contributed by atoms with Crippen LogP contribution in [-0.4, -0.2) is 40.5 Å². The first-order valence-electron chi connectivity index (χ1n) is 10.2. The summed E-state index contributed by atoms with van der Waals surface area (Å²) in [6, 6.07) is 4.91. The molecule has 28 heavy (non-hydrogen) atoms. The molecule has 154 valence electrons. The number of nitrogens with two attached hydrogens (primary N) is 1. The minimum Gasteiger partial charge on any atom is -0.383 e. The Morgan fingerprint density at radius 3 is 2.64 bits per heavy atom. The van der Waals surface area contributed by atoms with Crippen molar-refractivity contribution in [2.45, 2.75) is 70.2 Å². The summed E-state index contributed by atoms with van der Waals surface area (Å²) in [5.41, 5.74) is 7.56. The summed E-state index contributed by atoms with van der Waals surface area (Å²) < 4.78 is 0. The van der Waals surface area contributed by atoms with E-state index in [9.17, 15) is 14.7 Å². The highest BCUT2D eigenvalue weighted by atomic mass is 35.5. The zero-order chi connectivity index (χ0) is 20.1. The lowest BCUT2D eigenvalue weighted by molar-refractivity contribution is -0.148. The van der Waals surface area contributed by atoms with Crippen LogP contribution in [0.15, 0.2) is 18.2 Å². The molecule has 2 amide bonds. The standard InChI is InChI=1S/C21H30ClN3O3/c22-17-9-8-15(12-23)16(11-17)13-24-20(27)18-7-4-10-25(18)21(28)19(26)14-5-2-1-3-6-14/h8-9,11,14,18-19,26H,1-7,10,12-13,23H2,(H,24,27). The number of likely N-dealkylation sites (tertiary alicyclic amines) is 1. The Morgan fingerprint density at radius 2 is 1.93 bits per heavy atom. The smallest absolute Gasteiger partial charge is 0.252 e. The van der Waals surface area contributed by atoms with Crippen LogP contribution in [0.1, 0.15) is 56.1 Å². The highest BCUT2D eigenvalue weighted by molar-refractivity contribution is 6.30. The van der Waals surface area contributed by atoms with Gasteiger partial charge >= 0.3 is 0 Å². The minimum atomic E-state index is -0.995. The molecule has 1 aliphatic carbocycles. The van der Waals surface area contributed by atoms with E-state index >= 15 is 0 Å². The lowest BCUT2D eigenvalue weighted by Crippen LogP contribution is -2.50. The predicted octanol–water partition coefficient (Wildman–Crippen LogP) is 2.35. The molecule has 1 aliphatic heterocycles. The molecule has 1 saturated heterocycles. The number of hydrogen-bond donors (Lipinski definition) is 3. The molecular weight excluding hydrogens is 378 g/mol. The second-order valence-electron chi connectivity index (χ2n) is 7.87. The average Bonchev–Trinajstić information content (AvgIpc) is 3.21. The molecule has 1 aromatic carbocycles. The van der Waals surface area contributed by atoms with Crippen molar-refractivity contribution in [2.75, 3.05) is 6.54 Å². The molecule has 2 fully saturated rings. The number of nitrogens with one attached hydrogen (secondary N) is 1. The molecule has 1 saturated carbocycles. The van der Waals surface area contributed by atoms with Gasteiger partial charge in [-0.05, 0) is 54.9 Å². The number of rotatable bonds is 6. The molecule has 0 radical (unpaired) electrons. The van der Waals surface area contributed by atoms with E-state index in [1.807, 2.05) is 6.07 Å². The Balaban J connectivity index is 1.61. The van der Waals surface area contributed by atoms with Crippen LogP contribution in [0.4, 0.5) is 0 Å². The van der Waals surface area contributed by atoms with Gasteiger partial charge in [-0.15, -0.1) is 0 Å². The van der Waals surface area contributed by atoms with Crippen LogP contribution in [0.3, 0.4) is 0 Å². The van der Waals surface area contributed by atoms with Crippen LogP contribution in [-0.2, 0) is 22.7 Å². The number of carbonyl (C=O) groups excluding carboxylic acids is 2. The van der Waals surface area contributed by atoms with E-state index in [0.29, 0.717) is 31.1 Å². The number of aliphatic hydroxyl groups is 1. The SMILES string of the molecule is NCc1ccc(Cl)cc1CNC(=O)C1CCCN1C(=O)C(O)C1CCCCC1. The normalized spacial score (nSPS) is 21.5. The first-order chi connectivity index (χ1) is 13.5. The highest BCUT2D eigenvalue weighted by Gasteiger charge is 2.39. The van der Waals surface area contributed by atoms with Crippen molar-refractivity contribution >= 4 is 23.4 Å². The zero-order valence-corrected chi connectivity index (χ0v) is 17.0. The molecule has 2 unspecified atom stereocenters. The van der Waals surface area contributed by atoms with Gasteiger partial charge in [0.05, 0.1) is 0 Å². The second kappa shape index (κ2) is 9.72. The first kappa shape index (κ1) is 21.1. The maximum absolute atomic E-state index is 12.8. The van der Waals surface area contributed by atoms with Crippen LogP contribution < -0.4 is 11.1 Å². The summed E-state index contributed by atoms with van der Waals surface area (Å²) in [5.74, 6) is -0.469. The number of nitrogens with zero attached hydrogens (tertiary/aromatic N) is 1. The molecule has 2 aliphatic rings. The van der Waals surface area contributed by atoms with Gasteiger partial charge in [0.2, 0.25) is 5.91 Å². The quantitative estimate of drug-likeness (QED) is 0.674. The summed E-state index contributed by atoms with van der Waals surface area (Å²) in [6.07, 6.45) is 5.44. The van der Waals surface area contributed by atoms with E-state index in [2.05, 4.69) is 5.32 Å². The maximum atomic E-state index is 12.8. The molecule has 1 aromatic rings. The third-order valence-electron chi connectivity index (χ3n) is 6.03. The van der Waals surface area contributed by atoms with Gasteiger partial charge in [-0.2, -0.15) is 0 Å². The van der Waals surface area contributed by atoms with E-state index in [4.69, 9.17) is 17.3 Å². The van der Waals surface area contributed by atoms with Crippen molar-refractivity contribution in [1.82, 2.24) is 10.2 Å². The van der Waals surface area contributed by atoms with Crippen LogP contribution in [0.25, 0.3) is 0 Å². The molecule has 7 heteroatoms. The Labute approximate surface area is 171 Å². The second-order valence-corrected chi connectivity index (χ2v) is 8.30. The number of carbonyl (C=O) groups is 2. The summed E-state index contributed by atoms with van der Waals surface area (Å²) in [4.78, 5) is 27.2. The fraction of sp³-hybridized carbons (Fsp3) is 0.619. The largest absolute Gasteiger partial charge is 0.383 e. The van der Waals surface area contributed by atoms with Gasteiger partial charge < -0.3 is 21.1 Å². The third-order valence-corrected chi connectivity index (χ3v) is 6.26. The third kappa shape index (κ3) is 4.85. The lowest BCUT2D eigenvalue weighted by Gasteiger charge is -2.31. The van der Waals surface area contributed by atoms with Crippen molar-refractivity contribution in [3.63, 3.8) is 0 Å². The van der Waals surface area contributed by atoms with Crippen LogP contribution in [0, 0.1) is 5.92 Å².